The zero-order valence-corrected chi connectivity index (χ0v) is 26.5. The molecule has 0 saturated heterocycles. The van der Waals surface area contributed by atoms with E-state index >= 15 is 0 Å². The Hall–Kier alpha value is -3.81. The topological polar surface area (TPSA) is 112 Å². The predicted octanol–water partition coefficient (Wildman–Crippen LogP) is 8.92. The third-order valence-corrected chi connectivity index (χ3v) is 8.88. The Labute approximate surface area is 237 Å². The van der Waals surface area contributed by atoms with Crippen LogP contribution < -0.4 is 5.73 Å². The molecule has 0 saturated carbocycles. The molecule has 0 bridgehead atoms. The molecular formula is C32H44FN3O4. The number of nitro groups is 2. The highest BCUT2D eigenvalue weighted by atomic mass is 19.1. The first kappa shape index (κ1) is 34.2. The molecule has 2 N–H and O–H groups in total. The van der Waals surface area contributed by atoms with Gasteiger partial charge in [-0.2, -0.15) is 0 Å². The highest BCUT2D eigenvalue weighted by Crippen LogP contribution is 2.32. The number of hydrogen-bond donors (Lipinski definition) is 1. The monoisotopic (exact) mass is 553 g/mol. The molecule has 3 aromatic rings. The van der Waals surface area contributed by atoms with Crippen molar-refractivity contribution in [2.45, 2.75) is 96.9 Å². The summed E-state index contributed by atoms with van der Waals surface area (Å²) in [5, 5.41) is 21.6. The Morgan fingerprint density at radius 2 is 0.625 bits per heavy atom. The van der Waals surface area contributed by atoms with Crippen molar-refractivity contribution in [3.05, 3.63) is 104 Å². The van der Waals surface area contributed by atoms with Gasteiger partial charge in [-0.3, -0.25) is 20.2 Å². The lowest BCUT2D eigenvalue weighted by Gasteiger charge is -2.15. The second-order valence-electron chi connectivity index (χ2n) is 10.7. The number of anilines is 1. The zero-order valence-electron chi connectivity index (χ0n) is 26.5. The number of halogens is 1. The lowest BCUT2D eigenvalue weighted by Crippen LogP contribution is -2.03. The molecule has 0 aliphatic carbocycles. The van der Waals surface area contributed by atoms with Gasteiger partial charge in [0.15, 0.2) is 0 Å². The lowest BCUT2D eigenvalue weighted by molar-refractivity contribution is -0.386. The fourth-order valence-electron chi connectivity index (χ4n) is 4.80. The molecule has 0 aliphatic rings. The van der Waals surface area contributed by atoms with Crippen LogP contribution >= 0.6 is 0 Å². The maximum absolute atomic E-state index is 13.5. The summed E-state index contributed by atoms with van der Waals surface area (Å²) in [5.41, 5.74) is 20.0. The van der Waals surface area contributed by atoms with Crippen LogP contribution in [0.15, 0.2) is 0 Å². The van der Waals surface area contributed by atoms with Gasteiger partial charge in [-0.05, 0) is 153 Å². The fraction of sp³-hybridized carbons (Fsp3) is 0.438. The van der Waals surface area contributed by atoms with E-state index in [1.807, 2.05) is 34.6 Å². The van der Waals surface area contributed by atoms with E-state index in [-0.39, 0.29) is 22.1 Å². The van der Waals surface area contributed by atoms with Gasteiger partial charge in [0.1, 0.15) is 5.82 Å². The van der Waals surface area contributed by atoms with Crippen molar-refractivity contribution in [1.29, 1.82) is 0 Å². The summed E-state index contributed by atoms with van der Waals surface area (Å²) in [7, 11) is 0. The van der Waals surface area contributed by atoms with Gasteiger partial charge in [-0.1, -0.05) is 0 Å². The minimum absolute atomic E-state index is 0.0291. The van der Waals surface area contributed by atoms with Crippen LogP contribution in [0.5, 0.6) is 0 Å². The Morgan fingerprint density at radius 1 is 0.425 bits per heavy atom. The molecule has 218 valence electrons. The number of rotatable bonds is 2. The summed E-state index contributed by atoms with van der Waals surface area (Å²) in [4.78, 5) is 20.9. The molecule has 7 nitrogen and oxygen atoms in total. The highest BCUT2D eigenvalue weighted by Gasteiger charge is 2.22. The molecule has 0 spiro atoms. The maximum atomic E-state index is 13.5. The summed E-state index contributed by atoms with van der Waals surface area (Å²) in [6.07, 6.45) is 0. The van der Waals surface area contributed by atoms with Gasteiger partial charge < -0.3 is 5.73 Å². The van der Waals surface area contributed by atoms with E-state index in [0.717, 1.165) is 33.5 Å². The summed E-state index contributed by atoms with van der Waals surface area (Å²) < 4.78 is 13.5. The largest absolute Gasteiger partial charge is 0.398 e. The average Bonchev–Trinajstić information content (AvgIpc) is 2.90. The van der Waals surface area contributed by atoms with Crippen molar-refractivity contribution in [3.63, 3.8) is 0 Å². The van der Waals surface area contributed by atoms with Crippen LogP contribution in [-0.4, -0.2) is 9.85 Å². The van der Waals surface area contributed by atoms with E-state index in [1.54, 1.807) is 27.7 Å². The molecule has 3 rings (SSSR count). The Morgan fingerprint density at radius 3 is 0.875 bits per heavy atom. The van der Waals surface area contributed by atoms with E-state index in [2.05, 4.69) is 34.6 Å². The second kappa shape index (κ2) is 13.0. The number of nitrogen functional groups attached to an aromatic ring is 1. The predicted molar refractivity (Wildman–Crippen MR) is 163 cm³/mol. The second-order valence-corrected chi connectivity index (χ2v) is 10.7. The van der Waals surface area contributed by atoms with E-state index in [4.69, 9.17) is 5.73 Å². The summed E-state index contributed by atoms with van der Waals surface area (Å²) in [6, 6.07) is 0. The quantitative estimate of drug-likeness (QED) is 0.193. The molecule has 0 atom stereocenters. The zero-order chi connectivity index (χ0) is 31.5. The maximum Gasteiger partial charge on any atom is 0.275 e. The molecule has 8 heteroatoms. The molecule has 40 heavy (non-hydrogen) atoms. The Bertz CT molecular complexity index is 1260. The first-order valence-corrected chi connectivity index (χ1v) is 13.2. The average molecular weight is 554 g/mol. The molecule has 0 heterocycles. The molecule has 0 radical (unpaired) electrons. The summed E-state index contributed by atoms with van der Waals surface area (Å²) >= 11 is 0. The summed E-state index contributed by atoms with van der Waals surface area (Å²) in [6.45, 7) is 26.4. The molecule has 0 aliphatic heterocycles. The van der Waals surface area contributed by atoms with Crippen molar-refractivity contribution in [2.24, 2.45) is 0 Å². The number of nitrogens with two attached hydrogens (primary N) is 1. The van der Waals surface area contributed by atoms with Crippen molar-refractivity contribution in [3.8, 4) is 0 Å². The molecular weight excluding hydrogens is 509 g/mol. The number of nitrogens with zero attached hydrogens (tertiary/aromatic N) is 2. The van der Waals surface area contributed by atoms with Crippen LogP contribution in [0.3, 0.4) is 0 Å². The van der Waals surface area contributed by atoms with Gasteiger partial charge in [0.05, 0.1) is 9.85 Å². The van der Waals surface area contributed by atoms with Crippen LogP contribution in [0, 0.1) is 123 Å². The SMILES string of the molecule is Cc1c(C)c(C)c(N)c(C)c1C.Cc1c(C)c(C)c([N+](=O)[O-])c(C)c1C.Cc1c(C)c([N+](=O)[O-])c(C)c(C)c1F. The third kappa shape index (κ3) is 6.49. The fourth-order valence-corrected chi connectivity index (χ4v) is 4.80. The molecule has 3 aromatic carbocycles. The Balaban J connectivity index is 0.000000301. The minimum atomic E-state index is -0.454. The standard InChI is InChI=1S/C11H15NO2.C11H17N.C10H12FNO2/c1-6-7(2)9(4)11(12(13)14)10(5)8(6)3;1-6-7(2)9(4)11(12)10(5)8(6)3;1-5-7(3)10(12(13)14)8(4)6(2)9(5)11/h1-5H3;12H2,1-5H3;1-4H3. The van der Waals surface area contributed by atoms with Gasteiger partial charge in [0.2, 0.25) is 0 Å². The van der Waals surface area contributed by atoms with Gasteiger partial charge >= 0.3 is 0 Å². The third-order valence-electron chi connectivity index (χ3n) is 8.88. The lowest BCUT2D eigenvalue weighted by atomic mass is 9.93. The normalized spacial score (nSPS) is 10.4. The van der Waals surface area contributed by atoms with Crippen LogP contribution in [0.1, 0.15) is 77.9 Å². The molecule has 0 aromatic heterocycles. The molecule has 0 amide bonds. The smallest absolute Gasteiger partial charge is 0.275 e. The first-order valence-electron chi connectivity index (χ1n) is 13.2. The van der Waals surface area contributed by atoms with Crippen LogP contribution in [-0.2, 0) is 0 Å². The van der Waals surface area contributed by atoms with Crippen molar-refractivity contribution in [1.82, 2.24) is 0 Å². The van der Waals surface area contributed by atoms with E-state index in [0.29, 0.717) is 22.3 Å². The van der Waals surface area contributed by atoms with E-state index < -0.39 is 4.92 Å². The van der Waals surface area contributed by atoms with Crippen molar-refractivity contribution in [2.75, 3.05) is 5.73 Å². The first-order chi connectivity index (χ1) is 18.2. The van der Waals surface area contributed by atoms with E-state index in [9.17, 15) is 24.6 Å². The molecule has 0 fully saturated rings. The number of nitro benzene ring substituents is 2. The Kier molecular flexibility index (Phi) is 11.1. The van der Waals surface area contributed by atoms with Gasteiger partial charge in [-0.15, -0.1) is 0 Å². The molecule has 0 unspecified atom stereocenters. The van der Waals surface area contributed by atoms with Crippen molar-refractivity contribution < 1.29 is 14.2 Å². The number of benzene rings is 3. The van der Waals surface area contributed by atoms with Crippen LogP contribution in [0.25, 0.3) is 0 Å². The summed E-state index contributed by atoms with van der Waals surface area (Å²) in [5.74, 6) is -0.342. The van der Waals surface area contributed by atoms with E-state index in [1.165, 1.54) is 27.8 Å². The van der Waals surface area contributed by atoms with Gasteiger partial charge in [-0.25, -0.2) is 4.39 Å². The van der Waals surface area contributed by atoms with Crippen molar-refractivity contribution >= 4 is 17.1 Å². The van der Waals surface area contributed by atoms with Gasteiger partial charge in [0.25, 0.3) is 11.4 Å². The highest BCUT2D eigenvalue weighted by molar-refractivity contribution is 5.62. The van der Waals surface area contributed by atoms with Crippen LogP contribution in [0.4, 0.5) is 21.5 Å². The number of hydrogen-bond acceptors (Lipinski definition) is 5. The van der Waals surface area contributed by atoms with Gasteiger partial charge in [0, 0.05) is 27.9 Å². The van der Waals surface area contributed by atoms with Crippen LogP contribution in [0.2, 0.25) is 0 Å². The minimum Gasteiger partial charge on any atom is -0.398 e.